The van der Waals surface area contributed by atoms with Gasteiger partial charge in [0.15, 0.2) is 0 Å². The van der Waals surface area contributed by atoms with Gasteiger partial charge in [0.1, 0.15) is 0 Å². The summed E-state index contributed by atoms with van der Waals surface area (Å²) >= 11 is 0. The molecule has 0 aliphatic rings. The molecule has 0 saturated heterocycles. The summed E-state index contributed by atoms with van der Waals surface area (Å²) in [6.07, 6.45) is 0.789. The molecule has 0 aromatic heterocycles. The smallest absolute Gasteiger partial charge is 0.307 e. The number of carbonyl (C=O) groups excluding carboxylic acids is 2. The van der Waals surface area contributed by atoms with Crippen LogP contribution in [0.4, 0.5) is 0 Å². The molecule has 2 N–H and O–H groups in total. The predicted octanol–water partition coefficient (Wildman–Crippen LogP) is 0.691. The van der Waals surface area contributed by atoms with Crippen molar-refractivity contribution in [2.45, 2.75) is 33.6 Å². The van der Waals surface area contributed by atoms with Crippen LogP contribution in [-0.2, 0) is 14.3 Å². The quantitative estimate of drug-likeness (QED) is 0.462. The number of hydrogen-bond acceptors (Lipinski definition) is 4. The van der Waals surface area contributed by atoms with Crippen LogP contribution < -0.4 is 10.6 Å². The molecule has 0 atom stereocenters. The van der Waals surface area contributed by atoms with Gasteiger partial charge in [0, 0.05) is 26.1 Å². The molecular formula is C12H24N2O3. The van der Waals surface area contributed by atoms with E-state index in [0.29, 0.717) is 45.0 Å². The first-order valence-electron chi connectivity index (χ1n) is 6.19. The van der Waals surface area contributed by atoms with Crippen molar-refractivity contribution in [2.24, 2.45) is 5.92 Å². The minimum absolute atomic E-state index is 0.0438. The number of carbonyl (C=O) groups is 2. The lowest BCUT2D eigenvalue weighted by Gasteiger charge is -2.08. The maximum atomic E-state index is 11.3. The number of esters is 1. The average Bonchev–Trinajstić information content (AvgIpc) is 2.26. The summed E-state index contributed by atoms with van der Waals surface area (Å²) < 4.78 is 4.78. The highest BCUT2D eigenvalue weighted by molar-refractivity contribution is 5.76. The Morgan fingerprint density at radius 3 is 2.41 bits per heavy atom. The van der Waals surface area contributed by atoms with Crippen LogP contribution in [0.1, 0.15) is 33.6 Å². The summed E-state index contributed by atoms with van der Waals surface area (Å²) in [6.45, 7) is 8.15. The van der Waals surface area contributed by atoms with Gasteiger partial charge in [-0.25, -0.2) is 0 Å². The van der Waals surface area contributed by atoms with Gasteiger partial charge in [-0.2, -0.15) is 0 Å². The second-order valence-electron chi connectivity index (χ2n) is 4.25. The van der Waals surface area contributed by atoms with Crippen molar-refractivity contribution in [3.05, 3.63) is 0 Å². The standard InChI is InChI=1S/C12H24N2O3/c1-4-17-12(16)6-8-13-7-5-11(15)14-9-10(2)3/h10,13H,4-9H2,1-3H3,(H,14,15). The zero-order valence-electron chi connectivity index (χ0n) is 11.0. The Kier molecular flexibility index (Phi) is 9.43. The van der Waals surface area contributed by atoms with Crippen LogP contribution in [0.5, 0.6) is 0 Å². The lowest BCUT2D eigenvalue weighted by Crippen LogP contribution is -2.31. The molecule has 5 nitrogen and oxygen atoms in total. The molecule has 0 rings (SSSR count). The molecule has 1 amide bonds. The zero-order valence-corrected chi connectivity index (χ0v) is 11.0. The van der Waals surface area contributed by atoms with E-state index in [1.807, 2.05) is 0 Å². The third kappa shape index (κ3) is 11.2. The summed E-state index contributed by atoms with van der Waals surface area (Å²) in [5, 5.41) is 5.86. The molecule has 0 aromatic rings. The van der Waals surface area contributed by atoms with Crippen molar-refractivity contribution >= 4 is 11.9 Å². The van der Waals surface area contributed by atoms with E-state index in [-0.39, 0.29) is 11.9 Å². The molecule has 0 heterocycles. The molecular weight excluding hydrogens is 220 g/mol. The van der Waals surface area contributed by atoms with E-state index in [1.165, 1.54) is 0 Å². The number of ether oxygens (including phenoxy) is 1. The molecule has 0 aliphatic heterocycles. The number of hydrogen-bond donors (Lipinski definition) is 2. The Morgan fingerprint density at radius 1 is 1.18 bits per heavy atom. The highest BCUT2D eigenvalue weighted by Crippen LogP contribution is 1.88. The van der Waals surface area contributed by atoms with Gasteiger partial charge in [0.2, 0.25) is 5.91 Å². The van der Waals surface area contributed by atoms with Crippen LogP contribution in [0.25, 0.3) is 0 Å². The van der Waals surface area contributed by atoms with Crippen molar-refractivity contribution in [3.63, 3.8) is 0 Å². The fourth-order valence-electron chi connectivity index (χ4n) is 1.16. The molecule has 0 unspecified atom stereocenters. The van der Waals surface area contributed by atoms with Gasteiger partial charge in [-0.05, 0) is 12.8 Å². The third-order valence-electron chi connectivity index (χ3n) is 2.05. The van der Waals surface area contributed by atoms with E-state index in [2.05, 4.69) is 24.5 Å². The van der Waals surface area contributed by atoms with E-state index >= 15 is 0 Å². The topological polar surface area (TPSA) is 67.4 Å². The van der Waals surface area contributed by atoms with E-state index in [1.54, 1.807) is 6.92 Å². The van der Waals surface area contributed by atoms with Crippen LogP contribution in [0.2, 0.25) is 0 Å². The highest BCUT2D eigenvalue weighted by Gasteiger charge is 2.03. The van der Waals surface area contributed by atoms with E-state index in [4.69, 9.17) is 4.74 Å². The molecule has 0 saturated carbocycles. The van der Waals surface area contributed by atoms with E-state index in [0.717, 1.165) is 0 Å². The lowest BCUT2D eigenvalue weighted by atomic mass is 10.2. The SMILES string of the molecule is CCOC(=O)CCNCCC(=O)NCC(C)C. The summed E-state index contributed by atoms with van der Waals surface area (Å²) in [6, 6.07) is 0. The van der Waals surface area contributed by atoms with Crippen LogP contribution in [0, 0.1) is 5.92 Å². The van der Waals surface area contributed by atoms with Gasteiger partial charge in [-0.15, -0.1) is 0 Å². The minimum Gasteiger partial charge on any atom is -0.466 e. The normalized spacial score (nSPS) is 10.4. The van der Waals surface area contributed by atoms with E-state index in [9.17, 15) is 9.59 Å². The van der Waals surface area contributed by atoms with Gasteiger partial charge < -0.3 is 15.4 Å². The lowest BCUT2D eigenvalue weighted by molar-refractivity contribution is -0.142. The van der Waals surface area contributed by atoms with Gasteiger partial charge in [-0.3, -0.25) is 9.59 Å². The van der Waals surface area contributed by atoms with Gasteiger partial charge in [0.25, 0.3) is 0 Å². The van der Waals surface area contributed by atoms with Crippen LogP contribution >= 0.6 is 0 Å². The Balaban J connectivity index is 3.33. The van der Waals surface area contributed by atoms with Gasteiger partial charge in [-0.1, -0.05) is 13.8 Å². The third-order valence-corrected chi connectivity index (χ3v) is 2.05. The van der Waals surface area contributed by atoms with Crippen molar-refractivity contribution in [3.8, 4) is 0 Å². The number of rotatable bonds is 9. The van der Waals surface area contributed by atoms with Gasteiger partial charge in [0.05, 0.1) is 13.0 Å². The predicted molar refractivity (Wildman–Crippen MR) is 66.6 cm³/mol. The molecule has 0 aromatic carbocycles. The Hall–Kier alpha value is -1.10. The molecule has 0 fully saturated rings. The molecule has 5 heteroatoms. The van der Waals surface area contributed by atoms with Crippen LogP contribution in [0.3, 0.4) is 0 Å². The summed E-state index contributed by atoms with van der Waals surface area (Å²) in [5.41, 5.74) is 0. The van der Waals surface area contributed by atoms with Gasteiger partial charge >= 0.3 is 5.97 Å². The molecule has 0 spiro atoms. The highest BCUT2D eigenvalue weighted by atomic mass is 16.5. The summed E-state index contributed by atoms with van der Waals surface area (Å²) in [7, 11) is 0. The molecule has 100 valence electrons. The largest absolute Gasteiger partial charge is 0.466 e. The van der Waals surface area contributed by atoms with Crippen molar-refractivity contribution in [1.82, 2.24) is 10.6 Å². The number of nitrogens with one attached hydrogen (secondary N) is 2. The molecule has 0 radical (unpaired) electrons. The minimum atomic E-state index is -0.204. The maximum absolute atomic E-state index is 11.3. The van der Waals surface area contributed by atoms with Crippen molar-refractivity contribution in [1.29, 1.82) is 0 Å². The Morgan fingerprint density at radius 2 is 1.82 bits per heavy atom. The fourth-order valence-corrected chi connectivity index (χ4v) is 1.16. The summed E-state index contributed by atoms with van der Waals surface area (Å²) in [4.78, 5) is 22.3. The average molecular weight is 244 g/mol. The fraction of sp³-hybridized carbons (Fsp3) is 0.833. The van der Waals surface area contributed by atoms with Crippen molar-refractivity contribution < 1.29 is 14.3 Å². The first-order valence-corrected chi connectivity index (χ1v) is 6.19. The first-order chi connectivity index (χ1) is 8.06. The Bertz CT molecular complexity index is 230. The molecule has 17 heavy (non-hydrogen) atoms. The van der Waals surface area contributed by atoms with Crippen molar-refractivity contribution in [2.75, 3.05) is 26.2 Å². The van der Waals surface area contributed by atoms with E-state index < -0.39 is 0 Å². The maximum Gasteiger partial charge on any atom is 0.307 e. The summed E-state index contributed by atoms with van der Waals surface area (Å²) in [5.74, 6) is 0.308. The monoisotopic (exact) mass is 244 g/mol. The second kappa shape index (κ2) is 10.1. The first kappa shape index (κ1) is 15.9. The van der Waals surface area contributed by atoms with Crippen LogP contribution in [0.15, 0.2) is 0 Å². The molecule has 0 aliphatic carbocycles. The second-order valence-corrected chi connectivity index (χ2v) is 4.25. The number of amides is 1. The molecule has 0 bridgehead atoms. The Labute approximate surface area is 103 Å². The zero-order chi connectivity index (χ0) is 13.1. The van der Waals surface area contributed by atoms with Crippen LogP contribution in [-0.4, -0.2) is 38.1 Å².